The molecule has 1 N–H and O–H groups in total. The first-order chi connectivity index (χ1) is 16.4. The number of halogens is 1. The van der Waals surface area contributed by atoms with Gasteiger partial charge in [-0.1, -0.05) is 60.5 Å². The maximum Gasteiger partial charge on any atom is 0.255 e. The molecule has 4 rings (SSSR count). The van der Waals surface area contributed by atoms with Crippen LogP contribution in [0.25, 0.3) is 0 Å². The Morgan fingerprint density at radius 3 is 2.29 bits per heavy atom. The van der Waals surface area contributed by atoms with Crippen LogP contribution in [0.1, 0.15) is 40.7 Å². The maximum atomic E-state index is 13.6. The van der Waals surface area contributed by atoms with E-state index in [1.54, 1.807) is 17.0 Å². The van der Waals surface area contributed by atoms with Gasteiger partial charge in [0, 0.05) is 44.5 Å². The summed E-state index contributed by atoms with van der Waals surface area (Å²) in [6, 6.07) is 22.9. The molecular formula is C28H30ClN3O2. The second-order valence-electron chi connectivity index (χ2n) is 8.98. The van der Waals surface area contributed by atoms with Gasteiger partial charge in [0.05, 0.1) is 10.6 Å². The van der Waals surface area contributed by atoms with Crippen molar-refractivity contribution in [1.29, 1.82) is 0 Å². The normalized spacial score (nSPS) is 13.1. The molecule has 6 heteroatoms. The second-order valence-corrected chi connectivity index (χ2v) is 9.39. The highest BCUT2D eigenvalue weighted by molar-refractivity contribution is 6.33. The van der Waals surface area contributed by atoms with Gasteiger partial charge >= 0.3 is 0 Å². The predicted molar refractivity (Wildman–Crippen MR) is 138 cm³/mol. The van der Waals surface area contributed by atoms with Crippen molar-refractivity contribution in [3.8, 4) is 0 Å². The number of carbonyl (C=O) groups excluding carboxylic acids is 2. The lowest BCUT2D eigenvalue weighted by atomic mass is 9.85. The molecule has 2 amide bonds. The zero-order chi connectivity index (χ0) is 24.1. The van der Waals surface area contributed by atoms with E-state index in [0.29, 0.717) is 23.7 Å². The molecule has 0 aromatic heterocycles. The summed E-state index contributed by atoms with van der Waals surface area (Å²) >= 11 is 6.38. The lowest BCUT2D eigenvalue weighted by molar-refractivity contribution is -0.122. The third-order valence-electron chi connectivity index (χ3n) is 6.27. The first-order valence-electron chi connectivity index (χ1n) is 11.6. The third kappa shape index (κ3) is 5.60. The van der Waals surface area contributed by atoms with Gasteiger partial charge in [-0.05, 0) is 54.3 Å². The number of hydrogen-bond donors (Lipinski definition) is 1. The number of amides is 2. The largest absolute Gasteiger partial charge is 0.377 e. The summed E-state index contributed by atoms with van der Waals surface area (Å²) < 4.78 is 0. The molecule has 1 aliphatic rings. The maximum absolute atomic E-state index is 13.6. The summed E-state index contributed by atoms with van der Waals surface area (Å²) in [7, 11) is 3.95. The number of hydrogen-bond acceptors (Lipinski definition) is 3. The van der Waals surface area contributed by atoms with Crippen LogP contribution in [0.2, 0.25) is 5.02 Å². The smallest absolute Gasteiger partial charge is 0.255 e. The van der Waals surface area contributed by atoms with Gasteiger partial charge in [0.2, 0.25) is 5.91 Å². The molecule has 0 radical (unpaired) electrons. The molecule has 0 atom stereocenters. The molecule has 0 bridgehead atoms. The van der Waals surface area contributed by atoms with E-state index in [-0.39, 0.29) is 17.7 Å². The Bertz CT molecular complexity index is 1160. The lowest BCUT2D eigenvalue weighted by Crippen LogP contribution is -2.31. The summed E-state index contributed by atoms with van der Waals surface area (Å²) in [6.45, 7) is 0.816. The van der Waals surface area contributed by atoms with E-state index in [4.69, 9.17) is 11.6 Å². The number of carbonyl (C=O) groups is 2. The zero-order valence-electron chi connectivity index (χ0n) is 19.6. The molecule has 1 saturated carbocycles. The van der Waals surface area contributed by atoms with Gasteiger partial charge in [0.25, 0.3) is 5.91 Å². The Morgan fingerprint density at radius 1 is 0.941 bits per heavy atom. The highest BCUT2D eigenvalue weighted by Crippen LogP contribution is 2.30. The molecule has 0 heterocycles. The van der Waals surface area contributed by atoms with Crippen LogP contribution in [-0.4, -0.2) is 30.8 Å². The van der Waals surface area contributed by atoms with Crippen LogP contribution >= 0.6 is 11.6 Å². The van der Waals surface area contributed by atoms with Gasteiger partial charge in [-0.3, -0.25) is 9.59 Å². The summed E-state index contributed by atoms with van der Waals surface area (Å²) in [5.41, 5.74) is 4.20. The van der Waals surface area contributed by atoms with Crippen LogP contribution in [0, 0.1) is 5.92 Å². The number of benzene rings is 3. The average molecular weight is 476 g/mol. The van der Waals surface area contributed by atoms with Gasteiger partial charge in [-0.25, -0.2) is 0 Å². The summed E-state index contributed by atoms with van der Waals surface area (Å²) in [6.07, 6.45) is 3.01. The quantitative estimate of drug-likeness (QED) is 0.435. The van der Waals surface area contributed by atoms with E-state index >= 15 is 0 Å². The van der Waals surface area contributed by atoms with Crippen LogP contribution in [-0.2, 0) is 17.9 Å². The van der Waals surface area contributed by atoms with E-state index in [9.17, 15) is 9.59 Å². The Hall–Kier alpha value is -3.31. The van der Waals surface area contributed by atoms with Gasteiger partial charge < -0.3 is 15.1 Å². The topological polar surface area (TPSA) is 52.7 Å². The Morgan fingerprint density at radius 2 is 1.65 bits per heavy atom. The fraction of sp³-hybridized carbons (Fsp3) is 0.286. The van der Waals surface area contributed by atoms with Crippen molar-refractivity contribution in [1.82, 2.24) is 4.90 Å². The molecule has 1 fully saturated rings. The molecule has 0 spiro atoms. The van der Waals surface area contributed by atoms with Crippen LogP contribution < -0.4 is 10.2 Å². The van der Waals surface area contributed by atoms with Crippen LogP contribution in [0.4, 0.5) is 11.4 Å². The summed E-state index contributed by atoms with van der Waals surface area (Å²) in [5, 5.41) is 3.49. The minimum Gasteiger partial charge on any atom is -0.377 e. The molecule has 34 heavy (non-hydrogen) atoms. The first kappa shape index (κ1) is 23.8. The molecule has 1 aliphatic carbocycles. The van der Waals surface area contributed by atoms with Crippen LogP contribution in [0.15, 0.2) is 72.8 Å². The predicted octanol–water partition coefficient (Wildman–Crippen LogP) is 5.99. The standard InChI is InChI=1S/C28H30ClN3O2/c1-31(2)26-16-15-23(30-27(33)21-11-8-12-21)17-22(26)19-32(18-20-9-4-3-5-10-20)28(34)24-13-6-7-14-25(24)29/h3-7,9-10,13-17,21H,8,11-12,18-19H2,1-2H3,(H,30,33). The lowest BCUT2D eigenvalue weighted by Gasteiger charge is -2.27. The number of nitrogens with one attached hydrogen (secondary N) is 1. The number of rotatable bonds is 8. The second kappa shape index (κ2) is 10.7. The molecule has 176 valence electrons. The molecule has 0 aliphatic heterocycles. The average Bonchev–Trinajstić information content (AvgIpc) is 2.78. The molecular weight excluding hydrogens is 446 g/mol. The number of nitrogens with zero attached hydrogens (tertiary/aromatic N) is 2. The van der Waals surface area contributed by atoms with Crippen LogP contribution in [0.5, 0.6) is 0 Å². The minimum absolute atomic E-state index is 0.0723. The van der Waals surface area contributed by atoms with Crippen molar-refractivity contribution < 1.29 is 9.59 Å². The number of anilines is 2. The highest BCUT2D eigenvalue weighted by atomic mass is 35.5. The van der Waals surface area contributed by atoms with E-state index in [2.05, 4.69) is 5.32 Å². The molecule has 3 aromatic carbocycles. The monoisotopic (exact) mass is 475 g/mol. The highest BCUT2D eigenvalue weighted by Gasteiger charge is 2.26. The fourth-order valence-corrected chi connectivity index (χ4v) is 4.37. The third-order valence-corrected chi connectivity index (χ3v) is 6.60. The first-order valence-corrected chi connectivity index (χ1v) is 12.0. The van der Waals surface area contributed by atoms with Crippen molar-refractivity contribution in [2.75, 3.05) is 24.3 Å². The Labute approximate surface area is 206 Å². The van der Waals surface area contributed by atoms with Gasteiger partial charge in [-0.2, -0.15) is 0 Å². The van der Waals surface area contributed by atoms with Gasteiger partial charge in [-0.15, -0.1) is 0 Å². The van der Waals surface area contributed by atoms with Crippen molar-refractivity contribution in [2.24, 2.45) is 5.92 Å². The minimum atomic E-state index is -0.136. The zero-order valence-corrected chi connectivity index (χ0v) is 20.4. The van der Waals surface area contributed by atoms with E-state index < -0.39 is 0 Å². The van der Waals surface area contributed by atoms with Crippen molar-refractivity contribution in [3.63, 3.8) is 0 Å². The molecule has 5 nitrogen and oxygen atoms in total. The van der Waals surface area contributed by atoms with E-state index in [0.717, 1.165) is 41.8 Å². The van der Waals surface area contributed by atoms with Crippen molar-refractivity contribution in [2.45, 2.75) is 32.4 Å². The van der Waals surface area contributed by atoms with Crippen molar-refractivity contribution >= 4 is 34.8 Å². The van der Waals surface area contributed by atoms with Gasteiger partial charge in [0.1, 0.15) is 0 Å². The van der Waals surface area contributed by atoms with Crippen molar-refractivity contribution in [3.05, 3.63) is 94.5 Å². The molecule has 0 saturated heterocycles. The van der Waals surface area contributed by atoms with E-state index in [1.807, 2.05) is 79.7 Å². The Kier molecular flexibility index (Phi) is 7.53. The SMILES string of the molecule is CN(C)c1ccc(NC(=O)C2CCC2)cc1CN(Cc1ccccc1)C(=O)c1ccccc1Cl. The van der Waals surface area contributed by atoms with Gasteiger partial charge in [0.15, 0.2) is 0 Å². The molecule has 0 unspecified atom stereocenters. The summed E-state index contributed by atoms with van der Waals surface area (Å²) in [4.78, 5) is 30.0. The molecule has 3 aromatic rings. The van der Waals surface area contributed by atoms with Crippen LogP contribution in [0.3, 0.4) is 0 Å². The van der Waals surface area contributed by atoms with E-state index in [1.165, 1.54) is 0 Å². The fourth-order valence-electron chi connectivity index (χ4n) is 4.15. The Balaban J connectivity index is 1.66. The summed E-state index contributed by atoms with van der Waals surface area (Å²) in [5.74, 6) is 0.0412.